The molecule has 1 atom stereocenters. The fraction of sp³-hybridized carbons (Fsp3) is 0.389. The maximum absolute atomic E-state index is 12.8. The van der Waals surface area contributed by atoms with Gasteiger partial charge in [-0.3, -0.25) is 10.1 Å². The first-order valence-electron chi connectivity index (χ1n) is 9.13. The number of anilines is 1. The van der Waals surface area contributed by atoms with Crippen LogP contribution in [0.2, 0.25) is 0 Å². The number of urea groups is 1. The van der Waals surface area contributed by atoms with Crippen LogP contribution in [-0.2, 0) is 14.8 Å². The number of hydrogen-bond acceptors (Lipinski definition) is 7. The molecular weight excluding hydrogens is 398 g/mol. The lowest BCUT2D eigenvalue weighted by Gasteiger charge is -2.35. The Balaban J connectivity index is 1.39. The van der Waals surface area contributed by atoms with Gasteiger partial charge < -0.3 is 14.6 Å². The number of sulfonamides is 1. The lowest BCUT2D eigenvalue weighted by molar-refractivity contribution is -0.122. The van der Waals surface area contributed by atoms with Crippen LogP contribution in [0.25, 0.3) is 11.3 Å². The lowest BCUT2D eigenvalue weighted by Crippen LogP contribution is -2.55. The normalized spacial score (nSPS) is 23.1. The Hall–Kier alpha value is -2.92. The summed E-state index contributed by atoms with van der Waals surface area (Å²) in [6.07, 6.45) is 3.32. The molecule has 2 fully saturated rings. The van der Waals surface area contributed by atoms with Crippen molar-refractivity contribution in [1.82, 2.24) is 19.9 Å². The molecule has 10 nitrogen and oxygen atoms in total. The molecule has 29 heavy (non-hydrogen) atoms. The predicted octanol–water partition coefficient (Wildman–Crippen LogP) is 0.391. The van der Waals surface area contributed by atoms with E-state index in [9.17, 15) is 18.0 Å². The summed E-state index contributed by atoms with van der Waals surface area (Å²) < 4.78 is 32.2. The van der Waals surface area contributed by atoms with Crippen molar-refractivity contribution in [2.24, 2.45) is 0 Å². The van der Waals surface area contributed by atoms with Crippen LogP contribution in [0, 0.1) is 0 Å². The van der Waals surface area contributed by atoms with Gasteiger partial charge in [0.2, 0.25) is 10.0 Å². The molecule has 2 aromatic heterocycles. The van der Waals surface area contributed by atoms with E-state index < -0.39 is 33.3 Å². The molecule has 0 aromatic carbocycles. The molecule has 4 rings (SSSR count). The molecule has 0 aliphatic carbocycles. The molecule has 2 aliphatic rings. The van der Waals surface area contributed by atoms with Crippen LogP contribution in [0.5, 0.6) is 0 Å². The van der Waals surface area contributed by atoms with Crippen LogP contribution in [-0.4, -0.2) is 67.1 Å². The van der Waals surface area contributed by atoms with Crippen molar-refractivity contribution in [1.29, 1.82) is 0 Å². The fourth-order valence-corrected chi connectivity index (χ4v) is 5.33. The quantitative estimate of drug-likeness (QED) is 0.672. The smallest absolute Gasteiger partial charge is 0.322 e. The monoisotopic (exact) mass is 419 g/mol. The average Bonchev–Trinajstić information content (AvgIpc) is 3.30. The van der Waals surface area contributed by atoms with E-state index in [0.717, 1.165) is 17.1 Å². The number of nitrogens with zero attached hydrogens (tertiary/aromatic N) is 3. The minimum atomic E-state index is -3.73. The summed E-state index contributed by atoms with van der Waals surface area (Å²) in [6.45, 7) is 2.90. The van der Waals surface area contributed by atoms with Gasteiger partial charge in [0.05, 0.1) is 12.0 Å². The highest BCUT2D eigenvalue weighted by Crippen LogP contribution is 2.23. The molecule has 2 N–H and O–H groups in total. The second-order valence-electron chi connectivity index (χ2n) is 7.27. The predicted molar refractivity (Wildman–Crippen MR) is 105 cm³/mol. The molecule has 0 radical (unpaired) electrons. The number of rotatable bonds is 5. The van der Waals surface area contributed by atoms with E-state index in [1.54, 1.807) is 12.5 Å². The van der Waals surface area contributed by atoms with Crippen molar-refractivity contribution in [2.45, 2.75) is 12.5 Å². The fourth-order valence-electron chi connectivity index (χ4n) is 3.49. The second-order valence-corrected chi connectivity index (χ2v) is 9.23. The zero-order valence-electron chi connectivity index (χ0n) is 15.8. The third kappa shape index (κ3) is 3.83. The van der Waals surface area contributed by atoms with E-state index >= 15 is 0 Å². The number of carbonyl (C=O) groups is 2. The number of amides is 3. The molecule has 3 amide bonds. The highest BCUT2D eigenvalue weighted by atomic mass is 32.2. The summed E-state index contributed by atoms with van der Waals surface area (Å²) in [5, 5.41) is 4.47. The Morgan fingerprint density at radius 3 is 2.48 bits per heavy atom. The number of imide groups is 1. The molecule has 0 saturated carbocycles. The van der Waals surface area contributed by atoms with Crippen LogP contribution >= 0.6 is 0 Å². The molecule has 2 saturated heterocycles. The minimum Gasteiger partial charge on any atom is -0.464 e. The lowest BCUT2D eigenvalue weighted by atomic mass is 10.1. The van der Waals surface area contributed by atoms with E-state index in [2.05, 4.69) is 15.6 Å². The Morgan fingerprint density at radius 1 is 1.17 bits per heavy atom. The third-order valence-electron chi connectivity index (χ3n) is 5.10. The van der Waals surface area contributed by atoms with Crippen molar-refractivity contribution in [2.75, 3.05) is 36.8 Å². The molecular formula is C18H21N5O5S. The van der Waals surface area contributed by atoms with Crippen molar-refractivity contribution < 1.29 is 22.4 Å². The zero-order valence-corrected chi connectivity index (χ0v) is 16.6. The minimum absolute atomic E-state index is 0.273. The van der Waals surface area contributed by atoms with Gasteiger partial charge in [0.15, 0.2) is 0 Å². The SMILES string of the molecule is C[C@]1(CS(=O)(=O)N2CCN(c3ccc(-c4ccco4)cn3)CC2)NC(=O)NC1=O. The van der Waals surface area contributed by atoms with Crippen LogP contribution in [0.15, 0.2) is 41.1 Å². The van der Waals surface area contributed by atoms with Gasteiger partial charge in [-0.2, -0.15) is 4.31 Å². The van der Waals surface area contributed by atoms with E-state index in [1.807, 2.05) is 29.2 Å². The number of nitrogens with one attached hydrogen (secondary N) is 2. The third-order valence-corrected chi connectivity index (χ3v) is 7.19. The Bertz CT molecular complexity index is 1010. The summed E-state index contributed by atoms with van der Waals surface area (Å²) in [5.41, 5.74) is -0.596. The van der Waals surface area contributed by atoms with Gasteiger partial charge in [-0.05, 0) is 31.2 Å². The van der Waals surface area contributed by atoms with Gasteiger partial charge in [0.25, 0.3) is 5.91 Å². The molecule has 2 aromatic rings. The number of hydrogen-bond donors (Lipinski definition) is 2. The highest BCUT2D eigenvalue weighted by molar-refractivity contribution is 7.89. The van der Waals surface area contributed by atoms with Crippen LogP contribution < -0.4 is 15.5 Å². The van der Waals surface area contributed by atoms with E-state index in [1.165, 1.54) is 11.2 Å². The number of furan rings is 1. The van der Waals surface area contributed by atoms with Crippen molar-refractivity contribution in [3.63, 3.8) is 0 Å². The van der Waals surface area contributed by atoms with Gasteiger partial charge in [-0.1, -0.05) is 0 Å². The molecule has 0 unspecified atom stereocenters. The van der Waals surface area contributed by atoms with Crippen LogP contribution in [0.1, 0.15) is 6.92 Å². The molecule has 0 bridgehead atoms. The van der Waals surface area contributed by atoms with Crippen molar-refractivity contribution in [3.8, 4) is 11.3 Å². The topological polar surface area (TPSA) is 125 Å². The Labute approximate surface area is 167 Å². The summed E-state index contributed by atoms with van der Waals surface area (Å²) in [5.74, 6) is 0.377. The van der Waals surface area contributed by atoms with Crippen LogP contribution in [0.3, 0.4) is 0 Å². The number of aromatic nitrogens is 1. The molecule has 154 valence electrons. The highest BCUT2D eigenvalue weighted by Gasteiger charge is 2.46. The standard InChI is InChI=1S/C18H21N5O5S/c1-18(16(24)20-17(25)21-18)12-29(26,27)23-8-6-22(7-9-23)15-5-4-13(11-19-15)14-3-2-10-28-14/h2-5,10-11H,6-9,12H2,1H3,(H2,20,21,24,25)/t18-/m1/s1. The molecule has 0 spiro atoms. The van der Waals surface area contributed by atoms with Crippen molar-refractivity contribution in [3.05, 3.63) is 36.7 Å². The van der Waals surface area contributed by atoms with Gasteiger partial charge in [0.1, 0.15) is 17.1 Å². The van der Waals surface area contributed by atoms with Crippen LogP contribution in [0.4, 0.5) is 10.6 Å². The van der Waals surface area contributed by atoms with Crippen molar-refractivity contribution >= 4 is 27.8 Å². The first-order valence-corrected chi connectivity index (χ1v) is 10.7. The van der Waals surface area contributed by atoms with Gasteiger partial charge in [0, 0.05) is 37.9 Å². The molecule has 2 aliphatic heterocycles. The summed E-state index contributed by atoms with van der Waals surface area (Å²) in [6, 6.07) is 6.77. The van der Waals surface area contributed by atoms with E-state index in [4.69, 9.17) is 4.42 Å². The number of piperazine rings is 1. The number of pyridine rings is 1. The Morgan fingerprint density at radius 2 is 1.93 bits per heavy atom. The van der Waals surface area contributed by atoms with E-state index in [0.29, 0.717) is 13.1 Å². The maximum Gasteiger partial charge on any atom is 0.322 e. The maximum atomic E-state index is 12.8. The largest absolute Gasteiger partial charge is 0.464 e. The first kappa shape index (κ1) is 19.4. The Kier molecular flexibility index (Phi) is 4.79. The summed E-state index contributed by atoms with van der Waals surface area (Å²) in [7, 11) is -3.73. The van der Waals surface area contributed by atoms with Gasteiger partial charge in [-0.25, -0.2) is 18.2 Å². The second kappa shape index (κ2) is 7.16. The zero-order chi connectivity index (χ0) is 20.6. The number of carbonyl (C=O) groups excluding carboxylic acids is 2. The average molecular weight is 419 g/mol. The summed E-state index contributed by atoms with van der Waals surface area (Å²) in [4.78, 5) is 29.7. The molecule has 4 heterocycles. The van der Waals surface area contributed by atoms with Gasteiger partial charge in [-0.15, -0.1) is 0 Å². The first-order chi connectivity index (χ1) is 13.8. The van der Waals surface area contributed by atoms with Gasteiger partial charge >= 0.3 is 6.03 Å². The summed E-state index contributed by atoms with van der Waals surface area (Å²) >= 11 is 0. The van der Waals surface area contributed by atoms with E-state index in [-0.39, 0.29) is 13.1 Å². The molecule has 11 heteroatoms.